The van der Waals surface area contributed by atoms with Crippen molar-refractivity contribution in [3.8, 4) is 5.75 Å². The summed E-state index contributed by atoms with van der Waals surface area (Å²) in [5.41, 5.74) is 7.66. The summed E-state index contributed by atoms with van der Waals surface area (Å²) in [6.45, 7) is 3.04. The number of ether oxygens (including phenoxy) is 1. The van der Waals surface area contributed by atoms with Crippen LogP contribution in [0.25, 0.3) is 0 Å². The van der Waals surface area contributed by atoms with E-state index in [-0.39, 0.29) is 6.04 Å². The Kier molecular flexibility index (Phi) is 4.43. The molecule has 2 nitrogen and oxygen atoms in total. The molecule has 2 N–H and O–H groups in total. The molecule has 0 amide bonds. The van der Waals surface area contributed by atoms with Crippen LogP contribution >= 0.6 is 0 Å². The van der Waals surface area contributed by atoms with Gasteiger partial charge in [-0.1, -0.05) is 44.4 Å². The number of nitrogens with two attached hydrogens (primary N) is 1. The fraction of sp³-hybridized carbons (Fsp3) is 0.600. The molecule has 0 radical (unpaired) electrons. The minimum absolute atomic E-state index is 0.284. The molecule has 94 valence electrons. The maximum absolute atomic E-state index is 6.35. The van der Waals surface area contributed by atoms with E-state index in [4.69, 9.17) is 10.5 Å². The van der Waals surface area contributed by atoms with Gasteiger partial charge in [-0.2, -0.15) is 0 Å². The van der Waals surface area contributed by atoms with Gasteiger partial charge in [0.15, 0.2) is 0 Å². The molecule has 1 aromatic carbocycles. The van der Waals surface area contributed by atoms with Crippen LogP contribution < -0.4 is 10.5 Å². The highest BCUT2D eigenvalue weighted by atomic mass is 16.5. The van der Waals surface area contributed by atoms with Crippen molar-refractivity contribution in [3.05, 3.63) is 29.8 Å². The Morgan fingerprint density at radius 2 is 2.18 bits per heavy atom. The Balaban J connectivity index is 2.02. The lowest BCUT2D eigenvalue weighted by Gasteiger charge is -2.30. The van der Waals surface area contributed by atoms with E-state index in [1.54, 1.807) is 0 Å². The second-order valence-corrected chi connectivity index (χ2v) is 4.94. The molecule has 0 saturated carbocycles. The zero-order valence-electron chi connectivity index (χ0n) is 10.7. The molecule has 2 unspecified atom stereocenters. The van der Waals surface area contributed by atoms with E-state index in [9.17, 15) is 0 Å². The van der Waals surface area contributed by atoms with Gasteiger partial charge in [0, 0.05) is 12.0 Å². The van der Waals surface area contributed by atoms with Gasteiger partial charge in [0.1, 0.15) is 5.75 Å². The number of benzene rings is 1. The van der Waals surface area contributed by atoms with Crippen LogP contribution in [-0.2, 0) is 0 Å². The molecule has 0 bridgehead atoms. The Bertz CT molecular complexity index is 351. The SMILES string of the molecule is CCCCCC(N)C1CCOc2ccccc21. The molecule has 1 heterocycles. The second-order valence-electron chi connectivity index (χ2n) is 4.94. The van der Waals surface area contributed by atoms with E-state index in [1.165, 1.54) is 24.8 Å². The molecule has 0 spiro atoms. The van der Waals surface area contributed by atoms with Gasteiger partial charge in [0.25, 0.3) is 0 Å². The minimum Gasteiger partial charge on any atom is -0.493 e. The Morgan fingerprint density at radius 1 is 1.35 bits per heavy atom. The molecule has 17 heavy (non-hydrogen) atoms. The van der Waals surface area contributed by atoms with Crippen LogP contribution in [0.1, 0.15) is 50.5 Å². The van der Waals surface area contributed by atoms with Gasteiger partial charge < -0.3 is 10.5 Å². The zero-order valence-corrected chi connectivity index (χ0v) is 10.7. The summed E-state index contributed by atoms with van der Waals surface area (Å²) in [5, 5.41) is 0. The van der Waals surface area contributed by atoms with Crippen LogP contribution in [0.15, 0.2) is 24.3 Å². The van der Waals surface area contributed by atoms with E-state index < -0.39 is 0 Å². The summed E-state index contributed by atoms with van der Waals surface area (Å²) in [4.78, 5) is 0. The van der Waals surface area contributed by atoms with Gasteiger partial charge in [-0.25, -0.2) is 0 Å². The first-order valence-electron chi connectivity index (χ1n) is 6.80. The zero-order chi connectivity index (χ0) is 12.1. The van der Waals surface area contributed by atoms with Crippen molar-refractivity contribution in [2.24, 2.45) is 5.73 Å². The van der Waals surface area contributed by atoms with Crippen molar-refractivity contribution >= 4 is 0 Å². The van der Waals surface area contributed by atoms with E-state index in [1.807, 2.05) is 6.07 Å². The highest BCUT2D eigenvalue weighted by Gasteiger charge is 2.25. The maximum Gasteiger partial charge on any atom is 0.122 e. The summed E-state index contributed by atoms with van der Waals surface area (Å²) >= 11 is 0. The van der Waals surface area contributed by atoms with E-state index in [0.717, 1.165) is 25.2 Å². The normalized spacial score (nSPS) is 20.5. The largest absolute Gasteiger partial charge is 0.493 e. The van der Waals surface area contributed by atoms with Crippen LogP contribution in [0.3, 0.4) is 0 Å². The Morgan fingerprint density at radius 3 is 3.00 bits per heavy atom. The van der Waals surface area contributed by atoms with Crippen LogP contribution in [0.2, 0.25) is 0 Å². The number of hydrogen-bond donors (Lipinski definition) is 1. The standard InChI is InChI=1S/C15H23NO/c1-2-3-4-8-14(16)12-10-11-17-15-9-6-5-7-13(12)15/h5-7,9,12,14H,2-4,8,10-11,16H2,1H3. The Hall–Kier alpha value is -1.02. The lowest BCUT2D eigenvalue weighted by Crippen LogP contribution is -2.32. The summed E-state index contributed by atoms with van der Waals surface area (Å²) in [5.74, 6) is 1.52. The van der Waals surface area contributed by atoms with E-state index >= 15 is 0 Å². The molecule has 1 aliphatic heterocycles. The van der Waals surface area contributed by atoms with E-state index in [0.29, 0.717) is 5.92 Å². The van der Waals surface area contributed by atoms with Gasteiger partial charge >= 0.3 is 0 Å². The number of hydrogen-bond acceptors (Lipinski definition) is 2. The van der Waals surface area contributed by atoms with Crippen LogP contribution in [0, 0.1) is 0 Å². The van der Waals surface area contributed by atoms with Crippen LogP contribution in [0.5, 0.6) is 5.75 Å². The number of unbranched alkanes of at least 4 members (excludes halogenated alkanes) is 2. The van der Waals surface area contributed by atoms with E-state index in [2.05, 4.69) is 25.1 Å². The molecular weight excluding hydrogens is 210 g/mol. The van der Waals surface area contributed by atoms with Crippen molar-refractivity contribution in [3.63, 3.8) is 0 Å². The average molecular weight is 233 g/mol. The van der Waals surface area contributed by atoms with Gasteiger partial charge in [0.05, 0.1) is 6.61 Å². The van der Waals surface area contributed by atoms with Crippen molar-refractivity contribution in [2.75, 3.05) is 6.61 Å². The third-order valence-corrected chi connectivity index (χ3v) is 3.66. The fourth-order valence-electron chi connectivity index (χ4n) is 2.65. The lowest BCUT2D eigenvalue weighted by atomic mass is 9.85. The molecule has 1 aromatic rings. The molecular formula is C15H23NO. The van der Waals surface area contributed by atoms with Crippen LogP contribution in [-0.4, -0.2) is 12.6 Å². The van der Waals surface area contributed by atoms with Crippen molar-refractivity contribution < 1.29 is 4.74 Å². The number of para-hydroxylation sites is 1. The predicted molar refractivity (Wildman–Crippen MR) is 71.4 cm³/mol. The second kappa shape index (κ2) is 6.06. The summed E-state index contributed by atoms with van der Waals surface area (Å²) < 4.78 is 5.67. The highest BCUT2D eigenvalue weighted by molar-refractivity contribution is 5.38. The molecule has 0 saturated heterocycles. The van der Waals surface area contributed by atoms with Crippen molar-refractivity contribution in [1.29, 1.82) is 0 Å². The molecule has 0 aliphatic carbocycles. The molecule has 2 heteroatoms. The molecule has 2 atom stereocenters. The summed E-state index contributed by atoms with van der Waals surface area (Å²) in [6, 6.07) is 8.62. The summed E-state index contributed by atoms with van der Waals surface area (Å²) in [7, 11) is 0. The van der Waals surface area contributed by atoms with Gasteiger partial charge in [-0.05, 0) is 24.5 Å². The molecule has 0 aromatic heterocycles. The predicted octanol–water partition coefficient (Wildman–Crippen LogP) is 3.46. The minimum atomic E-state index is 0.284. The highest BCUT2D eigenvalue weighted by Crippen LogP contribution is 2.36. The quantitative estimate of drug-likeness (QED) is 0.790. The molecule has 2 rings (SSSR count). The third kappa shape index (κ3) is 3.01. The van der Waals surface area contributed by atoms with Gasteiger partial charge in [-0.3, -0.25) is 0 Å². The first-order valence-corrected chi connectivity index (χ1v) is 6.80. The first kappa shape index (κ1) is 12.4. The lowest BCUT2D eigenvalue weighted by molar-refractivity contribution is 0.251. The van der Waals surface area contributed by atoms with Gasteiger partial charge in [0.2, 0.25) is 0 Å². The maximum atomic E-state index is 6.35. The first-order chi connectivity index (χ1) is 8.33. The topological polar surface area (TPSA) is 35.2 Å². The fourth-order valence-corrected chi connectivity index (χ4v) is 2.65. The van der Waals surface area contributed by atoms with Crippen molar-refractivity contribution in [1.82, 2.24) is 0 Å². The number of rotatable bonds is 5. The monoisotopic (exact) mass is 233 g/mol. The molecule has 0 fully saturated rings. The Labute approximate surface area is 104 Å². The smallest absolute Gasteiger partial charge is 0.122 e. The average Bonchev–Trinajstić information content (AvgIpc) is 2.38. The third-order valence-electron chi connectivity index (χ3n) is 3.66. The van der Waals surface area contributed by atoms with Crippen LogP contribution in [0.4, 0.5) is 0 Å². The molecule has 1 aliphatic rings. The number of fused-ring (bicyclic) bond motifs is 1. The summed E-state index contributed by atoms with van der Waals surface area (Å²) in [6.07, 6.45) is 5.99. The van der Waals surface area contributed by atoms with Gasteiger partial charge in [-0.15, -0.1) is 0 Å². The van der Waals surface area contributed by atoms with Crippen molar-refractivity contribution in [2.45, 2.75) is 51.0 Å².